The molecule has 0 aromatic carbocycles. The Morgan fingerprint density at radius 3 is 2.39 bits per heavy atom. The van der Waals surface area contributed by atoms with Crippen LogP contribution in [0.4, 0.5) is 9.18 Å². The van der Waals surface area contributed by atoms with Gasteiger partial charge in [0.25, 0.3) is 0 Å². The van der Waals surface area contributed by atoms with Gasteiger partial charge in [-0.15, -0.1) is 0 Å². The summed E-state index contributed by atoms with van der Waals surface area (Å²) < 4.78 is 24.4. The molecular weight excluding hydrogens is 352 g/mol. The number of carbonyl (C=O) groups is 1. The second-order valence-corrected chi connectivity index (χ2v) is 6.88. The van der Waals surface area contributed by atoms with Crippen LogP contribution in [-0.2, 0) is 7.80 Å². The molecule has 1 rings (SSSR count). The highest BCUT2D eigenvalue weighted by Crippen LogP contribution is 2.35. The molecule has 2 unspecified atom stereocenters. The number of alkyl halides is 1. The maximum Gasteiger partial charge on any atom is 0.410 e. The van der Waals surface area contributed by atoms with Gasteiger partial charge < -0.3 is 12.7 Å². The highest BCUT2D eigenvalue weighted by Gasteiger charge is 2.45. The summed E-state index contributed by atoms with van der Waals surface area (Å²) in [6.45, 7) is 9.61. The molecule has 0 spiro atoms. The van der Waals surface area contributed by atoms with Crippen LogP contribution in [0.25, 0.3) is 0 Å². The molecule has 1 aliphatic rings. The molecule has 0 aliphatic carbocycles. The Morgan fingerprint density at radius 1 is 1.44 bits per heavy atom. The summed E-state index contributed by atoms with van der Waals surface area (Å²) in [7, 11) is 0. The molecule has 2 atom stereocenters. The first-order chi connectivity index (χ1) is 8.07. The highest BCUT2D eigenvalue weighted by atomic mass is 127. The van der Waals surface area contributed by atoms with Gasteiger partial charge in [-0.1, -0.05) is 13.8 Å². The topological polar surface area (TPSA) is 38.8 Å². The number of nitrogens with zero attached hydrogens (tertiary/aromatic N) is 1. The molecule has 0 N–H and O–H groups in total. The number of likely N-dealkylation sites (tertiary alicyclic amines) is 1. The van der Waals surface area contributed by atoms with Crippen molar-refractivity contribution in [1.29, 1.82) is 0 Å². The minimum atomic E-state index is -1.20. The number of carbonyl (C=O) groups excluding carboxylic acids is 1. The van der Waals surface area contributed by atoms with E-state index in [9.17, 15) is 9.18 Å². The van der Waals surface area contributed by atoms with Crippen LogP contribution in [0.15, 0.2) is 0 Å². The smallest absolute Gasteiger partial charge is 0.410 e. The Morgan fingerprint density at radius 2 is 2.00 bits per heavy atom. The Balaban J connectivity index is 2.74. The third-order valence-corrected chi connectivity index (χ3v) is 3.39. The van der Waals surface area contributed by atoms with Crippen molar-refractivity contribution in [3.05, 3.63) is 0 Å². The SMILES string of the molecule is CC(C)(C)OC(=O)N1CC(F)C(OI)C(C)(C)C1. The van der Waals surface area contributed by atoms with Crippen molar-refractivity contribution in [3.8, 4) is 0 Å². The number of hydrogen-bond acceptors (Lipinski definition) is 3. The molecule has 1 saturated heterocycles. The lowest BCUT2D eigenvalue weighted by atomic mass is 9.80. The molecule has 1 aliphatic heterocycles. The second-order valence-electron chi connectivity index (χ2n) is 6.38. The van der Waals surface area contributed by atoms with E-state index in [-0.39, 0.29) is 6.54 Å². The minimum Gasteiger partial charge on any atom is -0.444 e. The standard InChI is InChI=1S/C12H21FINO3/c1-11(2,3)17-10(16)15-6-8(13)9(18-14)12(4,5)7-15/h8-9H,6-7H2,1-5H3. The molecule has 6 heteroatoms. The van der Waals surface area contributed by atoms with Gasteiger partial charge in [0.2, 0.25) is 0 Å². The van der Waals surface area contributed by atoms with Crippen LogP contribution in [-0.4, -0.2) is 42.0 Å². The van der Waals surface area contributed by atoms with E-state index in [1.54, 1.807) is 43.8 Å². The fraction of sp³-hybridized carbons (Fsp3) is 0.917. The van der Waals surface area contributed by atoms with Crippen LogP contribution < -0.4 is 0 Å². The first kappa shape index (κ1) is 15.9. The predicted molar refractivity (Wildman–Crippen MR) is 75.4 cm³/mol. The summed E-state index contributed by atoms with van der Waals surface area (Å²) in [5.74, 6) is 0. The fourth-order valence-electron chi connectivity index (χ4n) is 2.08. The number of ether oxygens (including phenoxy) is 1. The van der Waals surface area contributed by atoms with Gasteiger partial charge in [0.05, 0.1) is 6.54 Å². The average molecular weight is 373 g/mol. The van der Waals surface area contributed by atoms with E-state index in [0.717, 1.165) is 0 Å². The van der Waals surface area contributed by atoms with Gasteiger partial charge in [-0.05, 0) is 20.8 Å². The van der Waals surface area contributed by atoms with Crippen molar-refractivity contribution in [1.82, 2.24) is 4.90 Å². The van der Waals surface area contributed by atoms with Crippen molar-refractivity contribution in [2.24, 2.45) is 5.41 Å². The van der Waals surface area contributed by atoms with Gasteiger partial charge in [-0.2, -0.15) is 0 Å². The maximum atomic E-state index is 14.0. The van der Waals surface area contributed by atoms with Crippen LogP contribution in [0, 0.1) is 5.41 Å². The molecule has 18 heavy (non-hydrogen) atoms. The van der Waals surface area contributed by atoms with Crippen LogP contribution in [0.3, 0.4) is 0 Å². The molecule has 1 fully saturated rings. The van der Waals surface area contributed by atoms with Crippen LogP contribution in [0.5, 0.6) is 0 Å². The first-order valence-electron chi connectivity index (χ1n) is 5.96. The molecule has 1 heterocycles. The van der Waals surface area contributed by atoms with Gasteiger partial charge in [-0.25, -0.2) is 9.18 Å². The maximum absolute atomic E-state index is 14.0. The molecule has 0 bridgehead atoms. The van der Waals surface area contributed by atoms with E-state index in [4.69, 9.17) is 7.80 Å². The Bertz CT molecular complexity index is 317. The number of halogens is 2. The number of hydrogen-bond donors (Lipinski definition) is 0. The zero-order valence-corrected chi connectivity index (χ0v) is 13.7. The normalized spacial score (nSPS) is 28.1. The van der Waals surface area contributed by atoms with Crippen molar-refractivity contribution in [2.45, 2.75) is 52.5 Å². The molecule has 4 nitrogen and oxygen atoms in total. The summed E-state index contributed by atoms with van der Waals surface area (Å²) in [4.78, 5) is 13.4. The second kappa shape index (κ2) is 5.48. The van der Waals surface area contributed by atoms with Gasteiger partial charge in [0.1, 0.15) is 40.9 Å². The Labute approximate surface area is 122 Å². The number of amides is 1. The van der Waals surface area contributed by atoms with Crippen LogP contribution in [0.2, 0.25) is 0 Å². The van der Waals surface area contributed by atoms with Crippen molar-refractivity contribution in [2.75, 3.05) is 13.1 Å². The van der Waals surface area contributed by atoms with Crippen LogP contribution in [0.1, 0.15) is 34.6 Å². The molecule has 0 aromatic rings. The van der Waals surface area contributed by atoms with Gasteiger partial charge in [0.15, 0.2) is 0 Å². The zero-order chi connectivity index (χ0) is 14.1. The Kier molecular flexibility index (Phi) is 4.86. The van der Waals surface area contributed by atoms with Gasteiger partial charge in [0, 0.05) is 12.0 Å². The number of rotatable bonds is 1. The third-order valence-electron chi connectivity index (χ3n) is 2.84. The highest BCUT2D eigenvalue weighted by molar-refractivity contribution is 14.1. The molecule has 1 amide bonds. The monoisotopic (exact) mass is 373 g/mol. The van der Waals surface area contributed by atoms with E-state index in [2.05, 4.69) is 0 Å². The lowest BCUT2D eigenvalue weighted by Crippen LogP contribution is -2.57. The quantitative estimate of drug-likeness (QED) is 0.662. The summed E-state index contributed by atoms with van der Waals surface area (Å²) >= 11 is 1.72. The van der Waals surface area contributed by atoms with Crippen LogP contribution >= 0.6 is 23.0 Å². The minimum absolute atomic E-state index is 0.0199. The van der Waals surface area contributed by atoms with Crippen molar-refractivity contribution < 1.29 is 17.0 Å². The molecule has 0 radical (unpaired) electrons. The summed E-state index contributed by atoms with van der Waals surface area (Å²) in [5.41, 5.74) is -1.00. The predicted octanol–water partition coefficient (Wildman–Crippen LogP) is 3.34. The van der Waals surface area contributed by atoms with E-state index < -0.39 is 29.4 Å². The van der Waals surface area contributed by atoms with E-state index >= 15 is 0 Å². The summed E-state index contributed by atoms with van der Waals surface area (Å²) in [5, 5.41) is 0. The largest absolute Gasteiger partial charge is 0.444 e. The van der Waals surface area contributed by atoms with E-state index in [0.29, 0.717) is 6.54 Å². The zero-order valence-electron chi connectivity index (χ0n) is 11.5. The van der Waals surface area contributed by atoms with E-state index in [1.165, 1.54) is 4.90 Å². The average Bonchev–Trinajstić information content (AvgIpc) is 2.12. The molecule has 0 saturated carbocycles. The molecule has 0 aromatic heterocycles. The van der Waals surface area contributed by atoms with Crippen molar-refractivity contribution in [3.63, 3.8) is 0 Å². The lowest BCUT2D eigenvalue weighted by molar-refractivity contribution is -0.0536. The Hall–Kier alpha value is -0.110. The third kappa shape index (κ3) is 3.94. The molecular formula is C12H21FINO3. The summed E-state index contributed by atoms with van der Waals surface area (Å²) in [6, 6.07) is 0. The molecule has 106 valence electrons. The lowest BCUT2D eigenvalue weighted by Gasteiger charge is -2.44. The van der Waals surface area contributed by atoms with Gasteiger partial charge >= 0.3 is 6.09 Å². The van der Waals surface area contributed by atoms with Crippen molar-refractivity contribution >= 4 is 29.1 Å². The first-order valence-corrected chi connectivity index (χ1v) is 6.84. The fourth-order valence-corrected chi connectivity index (χ4v) is 3.09. The van der Waals surface area contributed by atoms with E-state index in [1.807, 2.05) is 13.8 Å². The number of piperidine rings is 1. The van der Waals surface area contributed by atoms with Gasteiger partial charge in [-0.3, -0.25) is 0 Å². The summed E-state index contributed by atoms with van der Waals surface area (Å²) in [6.07, 6.45) is -2.17.